The molecule has 0 aliphatic carbocycles. The van der Waals surface area contributed by atoms with E-state index in [9.17, 15) is 4.79 Å². The maximum Gasteiger partial charge on any atom is 0.326 e. The second-order valence-corrected chi connectivity index (χ2v) is 3.69. The summed E-state index contributed by atoms with van der Waals surface area (Å²) in [5.41, 5.74) is 0.436. The SMILES string of the molecule is COc1cccc(OC)c1NC(=O)Nc1ncccn1. The molecule has 1 aromatic heterocycles. The van der Waals surface area contributed by atoms with Crippen LogP contribution in [0, 0.1) is 0 Å². The second kappa shape index (κ2) is 6.37. The van der Waals surface area contributed by atoms with Crippen molar-refractivity contribution in [1.29, 1.82) is 0 Å². The summed E-state index contributed by atoms with van der Waals surface area (Å²) in [6, 6.07) is 6.38. The quantitative estimate of drug-likeness (QED) is 0.892. The molecule has 0 unspecified atom stereocenters. The van der Waals surface area contributed by atoms with Crippen LogP contribution < -0.4 is 20.1 Å². The Hall–Kier alpha value is -2.83. The third-order valence-electron chi connectivity index (χ3n) is 2.46. The van der Waals surface area contributed by atoms with Crippen molar-refractivity contribution in [3.05, 3.63) is 36.7 Å². The van der Waals surface area contributed by atoms with Gasteiger partial charge < -0.3 is 14.8 Å². The van der Waals surface area contributed by atoms with Crippen LogP contribution in [0.25, 0.3) is 0 Å². The molecule has 1 aromatic carbocycles. The predicted octanol–water partition coefficient (Wildman–Crippen LogP) is 2.14. The van der Waals surface area contributed by atoms with Gasteiger partial charge in [-0.25, -0.2) is 14.8 Å². The Morgan fingerprint density at radius 2 is 1.60 bits per heavy atom. The number of aromatic nitrogens is 2. The van der Waals surface area contributed by atoms with E-state index in [2.05, 4.69) is 20.6 Å². The number of carbonyl (C=O) groups excluding carboxylic acids is 1. The highest BCUT2D eigenvalue weighted by Crippen LogP contribution is 2.34. The van der Waals surface area contributed by atoms with Crippen molar-refractivity contribution in [2.75, 3.05) is 24.9 Å². The maximum absolute atomic E-state index is 11.9. The zero-order valence-electron chi connectivity index (χ0n) is 11.1. The van der Waals surface area contributed by atoms with Gasteiger partial charge in [0.2, 0.25) is 5.95 Å². The van der Waals surface area contributed by atoms with Crippen LogP contribution in [-0.4, -0.2) is 30.2 Å². The molecule has 0 aliphatic rings. The number of nitrogens with one attached hydrogen (secondary N) is 2. The highest BCUT2D eigenvalue weighted by Gasteiger charge is 2.13. The van der Waals surface area contributed by atoms with Crippen LogP contribution in [0.15, 0.2) is 36.7 Å². The number of methoxy groups -OCH3 is 2. The van der Waals surface area contributed by atoms with Gasteiger partial charge in [-0.05, 0) is 18.2 Å². The van der Waals surface area contributed by atoms with Crippen molar-refractivity contribution in [1.82, 2.24) is 9.97 Å². The van der Waals surface area contributed by atoms with E-state index >= 15 is 0 Å². The summed E-state index contributed by atoms with van der Waals surface area (Å²) < 4.78 is 10.4. The molecule has 2 N–H and O–H groups in total. The summed E-state index contributed by atoms with van der Waals surface area (Å²) in [4.78, 5) is 19.7. The lowest BCUT2D eigenvalue weighted by Gasteiger charge is -2.13. The summed E-state index contributed by atoms with van der Waals surface area (Å²) in [6.45, 7) is 0. The number of anilines is 2. The lowest BCUT2D eigenvalue weighted by Crippen LogP contribution is -2.21. The molecule has 20 heavy (non-hydrogen) atoms. The van der Waals surface area contributed by atoms with Gasteiger partial charge in [-0.2, -0.15) is 0 Å². The van der Waals surface area contributed by atoms with E-state index in [4.69, 9.17) is 9.47 Å². The third-order valence-corrected chi connectivity index (χ3v) is 2.46. The number of amides is 2. The van der Waals surface area contributed by atoms with Gasteiger partial charge in [-0.15, -0.1) is 0 Å². The molecule has 7 nitrogen and oxygen atoms in total. The molecule has 7 heteroatoms. The molecule has 2 amide bonds. The van der Waals surface area contributed by atoms with Crippen molar-refractivity contribution in [3.63, 3.8) is 0 Å². The van der Waals surface area contributed by atoms with Crippen LogP contribution in [-0.2, 0) is 0 Å². The number of carbonyl (C=O) groups is 1. The summed E-state index contributed by atoms with van der Waals surface area (Å²) in [6.07, 6.45) is 3.07. The zero-order chi connectivity index (χ0) is 14.4. The zero-order valence-corrected chi connectivity index (χ0v) is 11.1. The van der Waals surface area contributed by atoms with E-state index in [1.807, 2.05) is 0 Å². The summed E-state index contributed by atoms with van der Waals surface area (Å²) >= 11 is 0. The molecule has 2 aromatic rings. The van der Waals surface area contributed by atoms with Crippen LogP contribution in [0.2, 0.25) is 0 Å². The molecule has 0 saturated carbocycles. The molecule has 0 aliphatic heterocycles. The van der Waals surface area contributed by atoms with Crippen LogP contribution in [0.1, 0.15) is 0 Å². The van der Waals surface area contributed by atoms with Crippen molar-refractivity contribution >= 4 is 17.7 Å². The van der Waals surface area contributed by atoms with Gasteiger partial charge in [0.05, 0.1) is 14.2 Å². The van der Waals surface area contributed by atoms with Crippen molar-refractivity contribution in [2.45, 2.75) is 0 Å². The molecule has 1 heterocycles. The van der Waals surface area contributed by atoms with Crippen molar-refractivity contribution in [2.24, 2.45) is 0 Å². The van der Waals surface area contributed by atoms with Crippen LogP contribution in [0.5, 0.6) is 11.5 Å². The first-order valence-electron chi connectivity index (χ1n) is 5.80. The minimum Gasteiger partial charge on any atom is -0.494 e. The molecule has 0 bridgehead atoms. The third kappa shape index (κ3) is 3.14. The summed E-state index contributed by atoms with van der Waals surface area (Å²) in [5, 5.41) is 5.16. The van der Waals surface area contributed by atoms with Gasteiger partial charge in [-0.1, -0.05) is 6.07 Å². The molecule has 0 spiro atoms. The summed E-state index contributed by atoms with van der Waals surface area (Å²) in [7, 11) is 3.02. The number of hydrogen-bond acceptors (Lipinski definition) is 5. The number of ether oxygens (including phenoxy) is 2. The fraction of sp³-hybridized carbons (Fsp3) is 0.154. The van der Waals surface area contributed by atoms with Gasteiger partial charge in [0.15, 0.2) is 0 Å². The Bertz CT molecular complexity index is 567. The molecule has 104 valence electrons. The topological polar surface area (TPSA) is 85.4 Å². The fourth-order valence-corrected chi connectivity index (χ4v) is 1.58. The van der Waals surface area contributed by atoms with E-state index < -0.39 is 6.03 Å². The normalized spacial score (nSPS) is 9.70. The Balaban J connectivity index is 2.15. The van der Waals surface area contributed by atoms with Crippen molar-refractivity contribution < 1.29 is 14.3 Å². The molecular weight excluding hydrogens is 260 g/mol. The average Bonchev–Trinajstić information content (AvgIpc) is 2.48. The number of hydrogen-bond donors (Lipinski definition) is 2. The van der Waals surface area contributed by atoms with Gasteiger partial charge in [-0.3, -0.25) is 5.32 Å². The Morgan fingerprint density at radius 1 is 1.00 bits per heavy atom. The minimum atomic E-state index is -0.487. The molecule has 0 fully saturated rings. The van der Waals surface area contributed by atoms with E-state index in [1.54, 1.807) is 24.3 Å². The van der Waals surface area contributed by atoms with Gasteiger partial charge in [0.1, 0.15) is 17.2 Å². The van der Waals surface area contributed by atoms with Gasteiger partial charge in [0, 0.05) is 12.4 Å². The average molecular weight is 274 g/mol. The Morgan fingerprint density at radius 3 is 2.15 bits per heavy atom. The lowest BCUT2D eigenvalue weighted by molar-refractivity contribution is 0.261. The molecule has 0 atom stereocenters. The number of urea groups is 1. The first-order chi connectivity index (χ1) is 9.74. The second-order valence-electron chi connectivity index (χ2n) is 3.69. The number of benzene rings is 1. The standard InChI is InChI=1S/C13H14N4O3/c1-19-9-5-3-6-10(20-2)11(9)16-13(18)17-12-14-7-4-8-15-12/h3-8H,1-2H3,(H2,14,15,16,17,18). The number of nitrogens with zero attached hydrogens (tertiary/aromatic N) is 2. The van der Waals surface area contributed by atoms with E-state index in [1.165, 1.54) is 26.6 Å². The fourth-order valence-electron chi connectivity index (χ4n) is 1.58. The van der Waals surface area contributed by atoms with E-state index in [-0.39, 0.29) is 5.95 Å². The van der Waals surface area contributed by atoms with Gasteiger partial charge >= 0.3 is 6.03 Å². The van der Waals surface area contributed by atoms with Crippen LogP contribution >= 0.6 is 0 Å². The number of para-hydroxylation sites is 1. The Labute approximate surface area is 116 Å². The largest absolute Gasteiger partial charge is 0.494 e. The first kappa shape index (κ1) is 13.6. The minimum absolute atomic E-state index is 0.207. The molecular formula is C13H14N4O3. The molecule has 0 saturated heterocycles. The Kier molecular flexibility index (Phi) is 4.33. The monoisotopic (exact) mass is 274 g/mol. The molecule has 0 radical (unpaired) electrons. The number of rotatable bonds is 4. The highest BCUT2D eigenvalue weighted by molar-refractivity contribution is 6.00. The van der Waals surface area contributed by atoms with Crippen molar-refractivity contribution in [3.8, 4) is 11.5 Å². The maximum atomic E-state index is 11.9. The summed E-state index contributed by atoms with van der Waals surface area (Å²) in [5.74, 6) is 1.20. The first-order valence-corrected chi connectivity index (χ1v) is 5.80. The molecule has 2 rings (SSSR count). The lowest BCUT2D eigenvalue weighted by atomic mass is 10.2. The predicted molar refractivity (Wildman–Crippen MR) is 74.2 cm³/mol. The van der Waals surface area contributed by atoms with Crippen LogP contribution in [0.4, 0.5) is 16.4 Å². The van der Waals surface area contributed by atoms with Gasteiger partial charge in [0.25, 0.3) is 0 Å². The van der Waals surface area contributed by atoms with E-state index in [0.717, 1.165) is 0 Å². The highest BCUT2D eigenvalue weighted by atomic mass is 16.5. The van der Waals surface area contributed by atoms with E-state index in [0.29, 0.717) is 17.2 Å². The van der Waals surface area contributed by atoms with Crippen LogP contribution in [0.3, 0.4) is 0 Å². The smallest absolute Gasteiger partial charge is 0.326 e.